The lowest BCUT2D eigenvalue weighted by molar-refractivity contribution is -0.00914. The topological polar surface area (TPSA) is 54.4 Å². The molecule has 5 heteroatoms. The van der Waals surface area contributed by atoms with E-state index in [0.717, 1.165) is 11.4 Å². The van der Waals surface area contributed by atoms with Crippen molar-refractivity contribution in [1.82, 2.24) is 10.3 Å². The molecule has 116 valence electrons. The summed E-state index contributed by atoms with van der Waals surface area (Å²) in [5.74, 6) is 0.619. The Kier molecular flexibility index (Phi) is 7.66. The zero-order chi connectivity index (χ0) is 15.1. The monoisotopic (exact) mass is 300 g/mol. The summed E-state index contributed by atoms with van der Waals surface area (Å²) in [7, 11) is 0. The number of aliphatic hydroxyl groups is 1. The van der Waals surface area contributed by atoms with Crippen LogP contribution in [0.25, 0.3) is 0 Å². The number of aromatic nitrogens is 1. The maximum atomic E-state index is 9.93. The molecular weight excluding hydrogens is 272 g/mol. The lowest BCUT2D eigenvalue weighted by Crippen LogP contribution is -2.33. The normalized spacial score (nSPS) is 16.4. The average Bonchev–Trinajstić information content (AvgIpc) is 2.79. The maximum Gasteiger partial charge on any atom is 0.109 e. The summed E-state index contributed by atoms with van der Waals surface area (Å²) in [5.41, 5.74) is 0. The summed E-state index contributed by atoms with van der Waals surface area (Å²) in [6.07, 6.45) is 2.62. The van der Waals surface area contributed by atoms with Gasteiger partial charge < -0.3 is 15.2 Å². The van der Waals surface area contributed by atoms with Crippen molar-refractivity contribution in [1.29, 1.82) is 0 Å². The van der Waals surface area contributed by atoms with Crippen molar-refractivity contribution in [2.75, 3.05) is 13.2 Å². The molecule has 0 amide bonds. The molecule has 1 heterocycles. The fraction of sp³-hybridized carbons (Fsp3) is 0.800. The Morgan fingerprint density at radius 2 is 2.05 bits per heavy atom. The van der Waals surface area contributed by atoms with Gasteiger partial charge in [0.25, 0.3) is 0 Å². The maximum absolute atomic E-state index is 9.93. The molecule has 0 spiro atoms. The average molecular weight is 300 g/mol. The number of nitrogens with zero attached hydrogens (tertiary/aromatic N) is 1. The van der Waals surface area contributed by atoms with E-state index in [-0.39, 0.29) is 12.1 Å². The summed E-state index contributed by atoms with van der Waals surface area (Å²) in [5, 5.41) is 14.3. The third-order valence-electron chi connectivity index (χ3n) is 3.05. The first-order chi connectivity index (χ1) is 9.38. The second-order valence-corrected chi connectivity index (χ2v) is 7.13. The van der Waals surface area contributed by atoms with Gasteiger partial charge in [-0.25, -0.2) is 4.98 Å². The fourth-order valence-corrected chi connectivity index (χ4v) is 2.84. The molecule has 4 nitrogen and oxygen atoms in total. The summed E-state index contributed by atoms with van der Waals surface area (Å²) in [4.78, 5) is 5.55. The summed E-state index contributed by atoms with van der Waals surface area (Å²) >= 11 is 1.69. The van der Waals surface area contributed by atoms with Gasteiger partial charge in [-0.15, -0.1) is 11.3 Å². The molecule has 0 aliphatic heterocycles. The molecule has 0 aliphatic carbocycles. The highest BCUT2D eigenvalue weighted by molar-refractivity contribution is 7.11. The third-order valence-corrected chi connectivity index (χ3v) is 4.14. The second-order valence-electron chi connectivity index (χ2n) is 5.87. The highest BCUT2D eigenvalue weighted by Gasteiger charge is 2.13. The fourth-order valence-electron chi connectivity index (χ4n) is 2.04. The van der Waals surface area contributed by atoms with Crippen molar-refractivity contribution in [2.45, 2.75) is 59.3 Å². The Hall–Kier alpha value is -0.490. The smallest absolute Gasteiger partial charge is 0.109 e. The minimum atomic E-state index is -0.479. The first-order valence-electron chi connectivity index (χ1n) is 7.33. The third kappa shape index (κ3) is 6.79. The number of aryl methyl sites for hydroxylation is 1. The number of rotatable bonds is 9. The van der Waals surface area contributed by atoms with Crippen LogP contribution in [-0.4, -0.2) is 35.5 Å². The van der Waals surface area contributed by atoms with Crippen LogP contribution in [0.2, 0.25) is 0 Å². The van der Waals surface area contributed by atoms with Crippen molar-refractivity contribution < 1.29 is 9.84 Å². The van der Waals surface area contributed by atoms with Crippen molar-refractivity contribution in [3.05, 3.63) is 16.1 Å². The quantitative estimate of drug-likeness (QED) is 0.736. The number of hydrogen-bond acceptors (Lipinski definition) is 5. The van der Waals surface area contributed by atoms with Gasteiger partial charge in [0, 0.05) is 17.6 Å². The molecule has 0 saturated carbocycles. The Bertz CT molecular complexity index is 382. The Labute approximate surface area is 126 Å². The van der Waals surface area contributed by atoms with Crippen molar-refractivity contribution in [3.63, 3.8) is 0 Å². The van der Waals surface area contributed by atoms with Gasteiger partial charge in [0.2, 0.25) is 0 Å². The first-order valence-corrected chi connectivity index (χ1v) is 8.15. The number of hydrogen-bond donors (Lipinski definition) is 2. The predicted molar refractivity (Wildman–Crippen MR) is 84.1 cm³/mol. The molecule has 1 aromatic rings. The number of ether oxygens (including phenoxy) is 1. The van der Waals surface area contributed by atoms with E-state index < -0.39 is 6.10 Å². The van der Waals surface area contributed by atoms with Crippen LogP contribution < -0.4 is 5.32 Å². The lowest BCUT2D eigenvalue weighted by Gasteiger charge is -2.19. The van der Waals surface area contributed by atoms with E-state index in [1.54, 1.807) is 11.3 Å². The van der Waals surface area contributed by atoms with Gasteiger partial charge >= 0.3 is 0 Å². The lowest BCUT2D eigenvalue weighted by atomic mass is 10.1. The number of aliphatic hydroxyl groups excluding tert-OH is 1. The van der Waals surface area contributed by atoms with Gasteiger partial charge in [0.1, 0.15) is 5.01 Å². The zero-order valence-electron chi connectivity index (χ0n) is 13.2. The highest BCUT2D eigenvalue weighted by Crippen LogP contribution is 2.18. The van der Waals surface area contributed by atoms with Crippen LogP contribution in [0, 0.1) is 12.8 Å². The van der Waals surface area contributed by atoms with Crippen molar-refractivity contribution in [3.8, 4) is 0 Å². The zero-order valence-corrected chi connectivity index (χ0v) is 14.0. The van der Waals surface area contributed by atoms with Gasteiger partial charge in [-0.3, -0.25) is 0 Å². The van der Waals surface area contributed by atoms with Crippen LogP contribution in [0.1, 0.15) is 50.0 Å². The Balaban J connectivity index is 2.21. The van der Waals surface area contributed by atoms with Crippen LogP contribution >= 0.6 is 11.3 Å². The molecule has 3 unspecified atom stereocenters. The van der Waals surface area contributed by atoms with Gasteiger partial charge in [0.15, 0.2) is 0 Å². The largest absolute Gasteiger partial charge is 0.389 e. The van der Waals surface area contributed by atoms with E-state index in [9.17, 15) is 5.11 Å². The molecule has 0 fully saturated rings. The first kappa shape index (κ1) is 17.6. The van der Waals surface area contributed by atoms with Gasteiger partial charge in [0.05, 0.1) is 24.9 Å². The molecule has 1 rings (SSSR count). The van der Waals surface area contributed by atoms with Crippen LogP contribution in [0.5, 0.6) is 0 Å². The Morgan fingerprint density at radius 3 is 2.60 bits per heavy atom. The summed E-state index contributed by atoms with van der Waals surface area (Å²) < 4.78 is 5.65. The van der Waals surface area contributed by atoms with Gasteiger partial charge in [-0.05, 0) is 33.1 Å². The summed E-state index contributed by atoms with van der Waals surface area (Å²) in [6.45, 7) is 11.4. The SMILES string of the molecule is Cc1cnc(C(C)NCC(O)COC(C)CC(C)C)s1. The molecular formula is C15H28N2O2S. The summed E-state index contributed by atoms with van der Waals surface area (Å²) in [6, 6.07) is 0.163. The van der Waals surface area contributed by atoms with E-state index in [1.807, 2.05) is 13.1 Å². The van der Waals surface area contributed by atoms with E-state index in [4.69, 9.17) is 4.74 Å². The minimum absolute atomic E-state index is 0.163. The minimum Gasteiger partial charge on any atom is -0.389 e. The van der Waals surface area contributed by atoms with Gasteiger partial charge in [-0.1, -0.05) is 13.8 Å². The van der Waals surface area contributed by atoms with Crippen LogP contribution in [0.3, 0.4) is 0 Å². The van der Waals surface area contributed by atoms with Gasteiger partial charge in [-0.2, -0.15) is 0 Å². The molecule has 0 radical (unpaired) electrons. The number of thiazole rings is 1. The van der Waals surface area contributed by atoms with E-state index >= 15 is 0 Å². The van der Waals surface area contributed by atoms with E-state index in [2.05, 4.69) is 38.0 Å². The van der Waals surface area contributed by atoms with Crippen LogP contribution in [0.15, 0.2) is 6.20 Å². The molecule has 20 heavy (non-hydrogen) atoms. The molecule has 0 aromatic carbocycles. The highest BCUT2D eigenvalue weighted by atomic mass is 32.1. The van der Waals surface area contributed by atoms with Crippen LogP contribution in [0.4, 0.5) is 0 Å². The van der Waals surface area contributed by atoms with Crippen LogP contribution in [-0.2, 0) is 4.74 Å². The molecule has 0 saturated heterocycles. The predicted octanol–water partition coefficient (Wildman–Crippen LogP) is 2.91. The molecule has 0 aliphatic rings. The second kappa shape index (κ2) is 8.72. The molecule has 3 atom stereocenters. The molecule has 1 aromatic heterocycles. The number of nitrogens with one attached hydrogen (secondary N) is 1. The van der Waals surface area contributed by atoms with E-state index in [0.29, 0.717) is 19.1 Å². The van der Waals surface area contributed by atoms with Crippen molar-refractivity contribution >= 4 is 11.3 Å². The molecule has 0 bridgehead atoms. The standard InChI is InChI=1S/C15H28N2O2S/c1-10(2)6-11(3)19-9-14(18)8-16-13(5)15-17-7-12(4)20-15/h7,10-11,13-14,16,18H,6,8-9H2,1-5H3. The van der Waals surface area contributed by atoms with E-state index in [1.165, 1.54) is 4.88 Å². The molecule has 2 N–H and O–H groups in total. The van der Waals surface area contributed by atoms with Crippen molar-refractivity contribution in [2.24, 2.45) is 5.92 Å². The Morgan fingerprint density at radius 1 is 1.35 bits per heavy atom.